The van der Waals surface area contributed by atoms with Crippen LogP contribution in [0.5, 0.6) is 0 Å². The number of likely N-dealkylation sites (tertiary alicyclic amines) is 1. The normalized spacial score (nSPS) is 23.7. The summed E-state index contributed by atoms with van der Waals surface area (Å²) in [6.45, 7) is 5.72. The topological polar surface area (TPSA) is 19.4 Å². The zero-order valence-corrected chi connectivity index (χ0v) is 14.8. The molecule has 1 aromatic carbocycles. The third-order valence-corrected chi connectivity index (χ3v) is 5.67. The van der Waals surface area contributed by atoms with Crippen LogP contribution in [0, 0.1) is 6.92 Å². The van der Waals surface area contributed by atoms with Gasteiger partial charge in [0.15, 0.2) is 0 Å². The SMILES string of the molecule is Cc1ccc2c(c1)[C@@H]1CN(C)CCC[C@H]1N2CCc1cccnc1. The van der Waals surface area contributed by atoms with Crippen LogP contribution >= 0.6 is 0 Å². The Morgan fingerprint density at radius 2 is 2.17 bits per heavy atom. The van der Waals surface area contributed by atoms with Crippen LogP contribution in [0.3, 0.4) is 0 Å². The smallest absolute Gasteiger partial charge is 0.0405 e. The number of pyridine rings is 1. The van der Waals surface area contributed by atoms with Crippen LogP contribution < -0.4 is 4.90 Å². The van der Waals surface area contributed by atoms with Gasteiger partial charge in [0.2, 0.25) is 0 Å². The fraction of sp³-hybridized carbons (Fsp3) is 0.476. The van der Waals surface area contributed by atoms with E-state index in [9.17, 15) is 0 Å². The highest BCUT2D eigenvalue weighted by Crippen LogP contribution is 2.44. The van der Waals surface area contributed by atoms with Gasteiger partial charge < -0.3 is 9.80 Å². The molecule has 24 heavy (non-hydrogen) atoms. The van der Waals surface area contributed by atoms with Crippen molar-refractivity contribution in [2.45, 2.75) is 38.1 Å². The van der Waals surface area contributed by atoms with Gasteiger partial charge in [-0.2, -0.15) is 0 Å². The van der Waals surface area contributed by atoms with Crippen molar-refractivity contribution in [3.8, 4) is 0 Å². The summed E-state index contributed by atoms with van der Waals surface area (Å²) in [5.41, 5.74) is 5.75. The highest BCUT2D eigenvalue weighted by Gasteiger charge is 2.39. The second-order valence-electron chi connectivity index (χ2n) is 7.45. The molecule has 3 heterocycles. The summed E-state index contributed by atoms with van der Waals surface area (Å²) in [4.78, 5) is 9.47. The Morgan fingerprint density at radius 1 is 1.25 bits per heavy atom. The Labute approximate surface area is 145 Å². The van der Waals surface area contributed by atoms with Crippen molar-refractivity contribution in [1.82, 2.24) is 9.88 Å². The Kier molecular flexibility index (Phi) is 4.28. The van der Waals surface area contributed by atoms with Gasteiger partial charge in [-0.05, 0) is 63.0 Å². The molecule has 3 heteroatoms. The molecule has 0 amide bonds. The van der Waals surface area contributed by atoms with Crippen molar-refractivity contribution < 1.29 is 0 Å². The van der Waals surface area contributed by atoms with E-state index in [2.05, 4.69) is 53.0 Å². The Morgan fingerprint density at radius 3 is 3.00 bits per heavy atom. The van der Waals surface area contributed by atoms with Crippen LogP contribution in [0.15, 0.2) is 42.7 Å². The van der Waals surface area contributed by atoms with Crippen LogP contribution in [0.4, 0.5) is 5.69 Å². The van der Waals surface area contributed by atoms with Gasteiger partial charge in [-0.3, -0.25) is 4.98 Å². The summed E-state index contributed by atoms with van der Waals surface area (Å²) >= 11 is 0. The van der Waals surface area contributed by atoms with Crippen LogP contribution in [0.1, 0.15) is 35.4 Å². The summed E-state index contributed by atoms with van der Waals surface area (Å²) in [7, 11) is 2.27. The summed E-state index contributed by atoms with van der Waals surface area (Å²) < 4.78 is 0. The van der Waals surface area contributed by atoms with E-state index in [0.29, 0.717) is 12.0 Å². The molecule has 0 saturated carbocycles. The summed E-state index contributed by atoms with van der Waals surface area (Å²) in [5, 5.41) is 0. The first-order valence-electron chi connectivity index (χ1n) is 9.17. The molecule has 0 aliphatic carbocycles. The molecule has 1 aromatic heterocycles. The molecule has 1 saturated heterocycles. The number of aryl methyl sites for hydroxylation is 1. The molecule has 3 nitrogen and oxygen atoms in total. The van der Waals surface area contributed by atoms with Crippen LogP contribution in [0.25, 0.3) is 0 Å². The molecule has 2 atom stereocenters. The maximum atomic E-state index is 4.27. The first kappa shape index (κ1) is 15.6. The molecule has 0 unspecified atom stereocenters. The van der Waals surface area contributed by atoms with E-state index in [1.807, 2.05) is 18.5 Å². The highest BCUT2D eigenvalue weighted by atomic mass is 15.2. The number of likely N-dealkylation sites (N-methyl/N-ethyl adjacent to an activating group) is 1. The lowest BCUT2D eigenvalue weighted by molar-refractivity contribution is 0.330. The number of hydrogen-bond acceptors (Lipinski definition) is 3. The van der Waals surface area contributed by atoms with Crippen LogP contribution in [-0.2, 0) is 6.42 Å². The number of anilines is 1. The van der Waals surface area contributed by atoms with Crippen molar-refractivity contribution in [3.63, 3.8) is 0 Å². The molecular weight excluding hydrogens is 294 g/mol. The first-order valence-corrected chi connectivity index (χ1v) is 9.17. The van der Waals surface area contributed by atoms with Crippen molar-refractivity contribution in [3.05, 3.63) is 59.4 Å². The molecule has 0 bridgehead atoms. The molecular formula is C21H27N3. The minimum absolute atomic E-state index is 0.654. The van der Waals surface area contributed by atoms with Gasteiger partial charge in [0.1, 0.15) is 0 Å². The second-order valence-corrected chi connectivity index (χ2v) is 7.45. The Hall–Kier alpha value is -1.87. The molecule has 4 rings (SSSR count). The van der Waals surface area contributed by atoms with Crippen LogP contribution in [0.2, 0.25) is 0 Å². The van der Waals surface area contributed by atoms with Gasteiger partial charge in [0, 0.05) is 43.1 Å². The summed E-state index contributed by atoms with van der Waals surface area (Å²) in [5.74, 6) is 0.654. The molecule has 0 radical (unpaired) electrons. The second kappa shape index (κ2) is 6.56. The van der Waals surface area contributed by atoms with Crippen molar-refractivity contribution in [1.29, 1.82) is 0 Å². The zero-order valence-electron chi connectivity index (χ0n) is 14.8. The van der Waals surface area contributed by atoms with Crippen LogP contribution in [-0.4, -0.2) is 42.6 Å². The fourth-order valence-electron chi connectivity index (χ4n) is 4.49. The summed E-state index contributed by atoms with van der Waals surface area (Å²) in [6, 6.07) is 11.9. The third kappa shape index (κ3) is 2.93. The number of hydrogen-bond donors (Lipinski definition) is 0. The quantitative estimate of drug-likeness (QED) is 0.860. The van der Waals surface area contributed by atoms with Gasteiger partial charge in [-0.1, -0.05) is 23.8 Å². The molecule has 2 aromatic rings. The average Bonchev–Trinajstić information content (AvgIpc) is 2.73. The number of rotatable bonds is 3. The van der Waals surface area contributed by atoms with Gasteiger partial charge in [-0.25, -0.2) is 0 Å². The van der Waals surface area contributed by atoms with Crippen molar-refractivity contribution in [2.24, 2.45) is 0 Å². The molecule has 0 spiro atoms. The number of benzene rings is 1. The van der Waals surface area contributed by atoms with E-state index in [4.69, 9.17) is 0 Å². The average molecular weight is 321 g/mol. The van der Waals surface area contributed by atoms with E-state index in [0.717, 1.165) is 13.0 Å². The highest BCUT2D eigenvalue weighted by molar-refractivity contribution is 5.63. The fourth-order valence-corrected chi connectivity index (χ4v) is 4.49. The molecule has 2 aliphatic heterocycles. The zero-order chi connectivity index (χ0) is 16.5. The van der Waals surface area contributed by atoms with E-state index in [-0.39, 0.29) is 0 Å². The maximum absolute atomic E-state index is 4.27. The molecule has 2 aliphatic rings. The summed E-state index contributed by atoms with van der Waals surface area (Å²) in [6.07, 6.45) is 7.53. The van der Waals surface area contributed by atoms with E-state index in [1.54, 1.807) is 5.56 Å². The molecule has 0 N–H and O–H groups in total. The van der Waals surface area contributed by atoms with Crippen molar-refractivity contribution in [2.75, 3.05) is 31.6 Å². The number of fused-ring (bicyclic) bond motifs is 3. The van der Waals surface area contributed by atoms with Gasteiger partial charge >= 0.3 is 0 Å². The monoisotopic (exact) mass is 321 g/mol. The number of aromatic nitrogens is 1. The van der Waals surface area contributed by atoms with E-state index < -0.39 is 0 Å². The lowest BCUT2D eigenvalue weighted by atomic mass is 9.92. The largest absolute Gasteiger partial charge is 0.367 e. The first-order chi connectivity index (χ1) is 11.7. The standard InChI is InChI=1S/C21H27N3/c1-16-7-8-21-18(13-16)19-15-23(2)11-4-6-20(19)24(21)12-9-17-5-3-10-22-14-17/h3,5,7-8,10,13-14,19-20H,4,6,9,11-12,15H2,1-2H3/t19-,20+/m0/s1. The van der Waals surface area contributed by atoms with E-state index in [1.165, 1.54) is 42.7 Å². The predicted molar refractivity (Wildman–Crippen MR) is 99.7 cm³/mol. The van der Waals surface area contributed by atoms with Gasteiger partial charge in [-0.15, -0.1) is 0 Å². The maximum Gasteiger partial charge on any atom is 0.0405 e. The van der Waals surface area contributed by atoms with E-state index >= 15 is 0 Å². The minimum atomic E-state index is 0.654. The van der Waals surface area contributed by atoms with Crippen molar-refractivity contribution >= 4 is 5.69 Å². The number of nitrogens with zero attached hydrogens (tertiary/aromatic N) is 3. The predicted octanol–water partition coefficient (Wildman–Crippen LogP) is 3.63. The third-order valence-electron chi connectivity index (χ3n) is 5.67. The Bertz CT molecular complexity index is 697. The lowest BCUT2D eigenvalue weighted by Crippen LogP contribution is -2.37. The lowest BCUT2D eigenvalue weighted by Gasteiger charge is -2.29. The molecule has 126 valence electrons. The molecule has 1 fully saturated rings. The Balaban J connectivity index is 1.63. The minimum Gasteiger partial charge on any atom is -0.367 e. The van der Waals surface area contributed by atoms with Gasteiger partial charge in [0.25, 0.3) is 0 Å². The van der Waals surface area contributed by atoms with Gasteiger partial charge in [0.05, 0.1) is 0 Å².